The van der Waals surface area contributed by atoms with Crippen molar-refractivity contribution in [3.05, 3.63) is 34.4 Å². The summed E-state index contributed by atoms with van der Waals surface area (Å²) in [5.74, 6) is -2.91. The van der Waals surface area contributed by atoms with E-state index < -0.39 is 62.4 Å². The minimum absolute atomic E-state index is 0.0320. The van der Waals surface area contributed by atoms with Gasteiger partial charge in [-0.05, 0) is 49.7 Å². The molecule has 0 aromatic heterocycles. The average molecular weight is 481 g/mol. The van der Waals surface area contributed by atoms with Crippen LogP contribution in [0, 0.1) is 17.0 Å². The number of β-amino-alcohol motifs (C(OH)–C–C–N with tert-alkyl or cyclic N) is 1. The first kappa shape index (κ1) is 22.8. The zero-order chi connectivity index (χ0) is 22.8. The van der Waals surface area contributed by atoms with Crippen molar-refractivity contribution >= 4 is 27.5 Å². The number of hydrogen-bond donors (Lipinski definition) is 2. The Labute approximate surface area is 183 Å². The van der Waals surface area contributed by atoms with Crippen LogP contribution in [0.2, 0.25) is 5.02 Å². The van der Waals surface area contributed by atoms with E-state index in [4.69, 9.17) is 11.6 Å². The number of alkyl halides is 1. The Bertz CT molecular complexity index is 1030. The van der Waals surface area contributed by atoms with E-state index in [1.54, 1.807) is 0 Å². The molecule has 2 atom stereocenters. The average Bonchev–Trinajstić information content (AvgIpc) is 3.35. The second kappa shape index (κ2) is 7.33. The van der Waals surface area contributed by atoms with Crippen LogP contribution in [0.15, 0.2) is 12.1 Å². The molecule has 0 unspecified atom stereocenters. The molecule has 0 spiro atoms. The van der Waals surface area contributed by atoms with Crippen molar-refractivity contribution in [1.82, 2.24) is 9.62 Å². The quantitative estimate of drug-likeness (QED) is 0.634. The zero-order valence-corrected chi connectivity index (χ0v) is 18.5. The van der Waals surface area contributed by atoms with Gasteiger partial charge < -0.3 is 10.4 Å². The van der Waals surface area contributed by atoms with Gasteiger partial charge in [0.2, 0.25) is 10.0 Å². The summed E-state index contributed by atoms with van der Waals surface area (Å²) in [6.45, 7) is -0.531. The van der Waals surface area contributed by atoms with Gasteiger partial charge in [0.1, 0.15) is 17.3 Å². The van der Waals surface area contributed by atoms with Gasteiger partial charge >= 0.3 is 0 Å². The molecule has 2 bridgehead atoms. The Morgan fingerprint density at radius 2 is 1.87 bits per heavy atom. The third-order valence-electron chi connectivity index (χ3n) is 7.17. The Morgan fingerprint density at radius 1 is 1.23 bits per heavy atom. The third-order valence-corrected chi connectivity index (χ3v) is 8.71. The molecule has 3 aliphatic rings. The second-order valence-corrected chi connectivity index (χ2v) is 11.6. The lowest BCUT2D eigenvalue weighted by atomic mass is 9.73. The minimum atomic E-state index is -3.63. The van der Waals surface area contributed by atoms with Crippen LogP contribution < -0.4 is 5.32 Å². The van der Waals surface area contributed by atoms with Crippen LogP contribution in [-0.4, -0.2) is 54.4 Å². The summed E-state index contributed by atoms with van der Waals surface area (Å²) in [5.41, 5.74) is -4.91. The van der Waals surface area contributed by atoms with Crippen LogP contribution >= 0.6 is 11.6 Å². The summed E-state index contributed by atoms with van der Waals surface area (Å²) < 4.78 is 69.2. The summed E-state index contributed by atoms with van der Waals surface area (Å²) in [6, 6.07) is 0.789. The molecule has 11 heteroatoms. The first-order valence-electron chi connectivity index (χ1n) is 10.1. The number of rotatable bonds is 5. The Hall–Kier alpha value is -1.36. The molecule has 1 heterocycles. The van der Waals surface area contributed by atoms with E-state index in [2.05, 4.69) is 5.32 Å². The molecular formula is C20H24ClF3N2O4S. The summed E-state index contributed by atoms with van der Waals surface area (Å²) >= 11 is 5.87. The normalized spacial score (nSPS) is 34.3. The van der Waals surface area contributed by atoms with E-state index in [1.165, 1.54) is 0 Å². The number of amides is 1. The molecule has 2 saturated carbocycles. The summed E-state index contributed by atoms with van der Waals surface area (Å²) in [6.07, 6.45) is 1.89. The van der Waals surface area contributed by atoms with Crippen molar-refractivity contribution in [2.75, 3.05) is 19.3 Å². The van der Waals surface area contributed by atoms with E-state index in [0.717, 1.165) is 22.7 Å². The van der Waals surface area contributed by atoms with Gasteiger partial charge in [0.05, 0.1) is 23.9 Å². The number of carbonyl (C=O) groups excluding carboxylic acids is 1. The number of halogens is 4. The minimum Gasteiger partial charge on any atom is -0.379 e. The van der Waals surface area contributed by atoms with Crippen molar-refractivity contribution < 1.29 is 31.5 Å². The molecule has 1 saturated heterocycles. The van der Waals surface area contributed by atoms with Gasteiger partial charge in [-0.25, -0.2) is 21.6 Å². The van der Waals surface area contributed by atoms with Gasteiger partial charge in [-0.15, -0.1) is 0 Å². The van der Waals surface area contributed by atoms with Crippen LogP contribution in [0.5, 0.6) is 0 Å². The topological polar surface area (TPSA) is 86.7 Å². The predicted octanol–water partition coefficient (Wildman–Crippen LogP) is 2.84. The van der Waals surface area contributed by atoms with Crippen LogP contribution in [0.1, 0.15) is 50.1 Å². The van der Waals surface area contributed by atoms with Crippen molar-refractivity contribution in [3.8, 4) is 0 Å². The summed E-state index contributed by atoms with van der Waals surface area (Å²) in [4.78, 5) is 13.1. The standard InChI is InChI=1S/C20H24ClF3N2O4S/c1-31(29,30)26-9-8-20(28,11-26)17(27)25-16(14-13(22)3-2-12(21)15(14)23)18-4-6-19(24,10-18)7-5-18/h2-3,16,28H,4-11H2,1H3,(H,25,27)/t16-,18?,19?,20-/m1/s1. The maximum Gasteiger partial charge on any atom is 0.253 e. The highest BCUT2D eigenvalue weighted by molar-refractivity contribution is 7.88. The molecule has 2 aliphatic carbocycles. The van der Waals surface area contributed by atoms with E-state index in [9.17, 15) is 31.5 Å². The third kappa shape index (κ3) is 3.85. The Kier molecular flexibility index (Phi) is 5.39. The lowest BCUT2D eigenvalue weighted by molar-refractivity contribution is -0.140. The van der Waals surface area contributed by atoms with Gasteiger partial charge in [0.25, 0.3) is 5.91 Å². The molecule has 4 rings (SSSR count). The molecule has 1 amide bonds. The molecule has 1 aromatic carbocycles. The van der Waals surface area contributed by atoms with Crippen molar-refractivity contribution in [3.63, 3.8) is 0 Å². The number of sulfonamides is 1. The SMILES string of the molecule is CS(=O)(=O)N1CC[C@](O)(C(=O)N[C@H](c2c(F)ccc(Cl)c2F)C23CCC(F)(CC2)C3)C1. The van der Waals surface area contributed by atoms with Crippen LogP contribution in [0.25, 0.3) is 0 Å². The van der Waals surface area contributed by atoms with Crippen molar-refractivity contribution in [2.45, 2.75) is 55.8 Å². The monoisotopic (exact) mass is 480 g/mol. The molecular weight excluding hydrogens is 457 g/mol. The van der Waals surface area contributed by atoms with Gasteiger partial charge in [0, 0.05) is 18.5 Å². The highest BCUT2D eigenvalue weighted by Crippen LogP contribution is 2.63. The summed E-state index contributed by atoms with van der Waals surface area (Å²) in [7, 11) is -3.63. The first-order chi connectivity index (χ1) is 14.3. The Morgan fingerprint density at radius 3 is 2.39 bits per heavy atom. The van der Waals surface area contributed by atoms with Crippen LogP contribution in [-0.2, 0) is 14.8 Å². The second-order valence-electron chi connectivity index (χ2n) is 9.23. The fourth-order valence-corrected chi connectivity index (χ4v) is 6.44. The number of benzene rings is 1. The van der Waals surface area contributed by atoms with Crippen LogP contribution in [0.3, 0.4) is 0 Å². The van der Waals surface area contributed by atoms with Gasteiger partial charge in [0.15, 0.2) is 5.60 Å². The first-order valence-corrected chi connectivity index (χ1v) is 12.3. The largest absolute Gasteiger partial charge is 0.379 e. The van der Waals surface area contributed by atoms with Gasteiger partial charge in [-0.3, -0.25) is 4.79 Å². The van der Waals surface area contributed by atoms with Gasteiger partial charge in [-0.2, -0.15) is 4.31 Å². The lowest BCUT2D eigenvalue weighted by Gasteiger charge is -2.38. The number of nitrogens with one attached hydrogen (secondary N) is 1. The molecule has 31 heavy (non-hydrogen) atoms. The Balaban J connectivity index is 1.70. The summed E-state index contributed by atoms with van der Waals surface area (Å²) in [5, 5.41) is 13.1. The molecule has 1 aromatic rings. The molecule has 2 N–H and O–H groups in total. The molecule has 3 fully saturated rings. The van der Waals surface area contributed by atoms with Gasteiger partial charge in [-0.1, -0.05) is 11.6 Å². The zero-order valence-electron chi connectivity index (χ0n) is 16.9. The number of carbonyl (C=O) groups is 1. The van der Waals surface area contributed by atoms with Crippen LogP contribution in [0.4, 0.5) is 13.2 Å². The molecule has 1 aliphatic heterocycles. The van der Waals surface area contributed by atoms with E-state index in [-0.39, 0.29) is 37.3 Å². The van der Waals surface area contributed by atoms with E-state index in [1.807, 2.05) is 0 Å². The van der Waals surface area contributed by atoms with E-state index in [0.29, 0.717) is 12.8 Å². The highest BCUT2D eigenvalue weighted by atomic mass is 35.5. The predicted molar refractivity (Wildman–Crippen MR) is 108 cm³/mol. The molecule has 6 nitrogen and oxygen atoms in total. The number of nitrogens with zero attached hydrogens (tertiary/aromatic N) is 1. The molecule has 0 radical (unpaired) electrons. The maximum absolute atomic E-state index is 15.0. The number of hydrogen-bond acceptors (Lipinski definition) is 4. The van der Waals surface area contributed by atoms with E-state index >= 15 is 0 Å². The fraction of sp³-hybridized carbons (Fsp3) is 0.650. The molecule has 172 valence electrons. The number of fused-ring (bicyclic) bond motifs is 2. The number of aliphatic hydroxyl groups is 1. The maximum atomic E-state index is 15.0. The van der Waals surface area contributed by atoms with Crippen molar-refractivity contribution in [2.24, 2.45) is 5.41 Å². The van der Waals surface area contributed by atoms with Crippen molar-refractivity contribution in [1.29, 1.82) is 0 Å². The smallest absolute Gasteiger partial charge is 0.253 e. The fourth-order valence-electron chi connectivity index (χ4n) is 5.40. The lowest BCUT2D eigenvalue weighted by Crippen LogP contribution is -2.52. The highest BCUT2D eigenvalue weighted by Gasteiger charge is 2.60.